The molecule has 0 unspecified atom stereocenters. The molecule has 3 aromatic rings. The number of fused-ring (bicyclic) bond motifs is 1. The zero-order chi connectivity index (χ0) is 22.7. The highest BCUT2D eigenvalue weighted by Gasteiger charge is 2.31. The molecule has 0 radical (unpaired) electrons. The Labute approximate surface area is 187 Å². The van der Waals surface area contributed by atoms with E-state index < -0.39 is 0 Å². The monoisotopic (exact) mass is 433 g/mol. The van der Waals surface area contributed by atoms with Gasteiger partial charge in [0.15, 0.2) is 0 Å². The van der Waals surface area contributed by atoms with Crippen LogP contribution in [0.1, 0.15) is 44.3 Å². The number of rotatable bonds is 6. The van der Waals surface area contributed by atoms with E-state index in [1.165, 1.54) is 0 Å². The number of para-hydroxylation sites is 2. The van der Waals surface area contributed by atoms with Gasteiger partial charge in [-0.1, -0.05) is 30.3 Å². The van der Waals surface area contributed by atoms with Gasteiger partial charge in [-0.15, -0.1) is 0 Å². The molecule has 0 bridgehead atoms. The van der Waals surface area contributed by atoms with Gasteiger partial charge in [0.25, 0.3) is 11.8 Å². The largest absolute Gasteiger partial charge is 0.496 e. The number of methoxy groups -OCH3 is 1. The molecule has 1 aliphatic heterocycles. The van der Waals surface area contributed by atoms with E-state index in [9.17, 15) is 9.59 Å². The molecular formula is C25H27N3O4. The van der Waals surface area contributed by atoms with E-state index in [0.29, 0.717) is 30.0 Å². The topological polar surface area (TPSA) is 91.8 Å². The maximum atomic E-state index is 13.2. The number of hydrogen-bond acceptors (Lipinski definition) is 5. The third kappa shape index (κ3) is 4.16. The summed E-state index contributed by atoms with van der Waals surface area (Å²) in [6, 6.07) is 14.9. The van der Waals surface area contributed by atoms with Gasteiger partial charge in [0.05, 0.1) is 30.4 Å². The highest BCUT2D eigenvalue weighted by molar-refractivity contribution is 6.06. The summed E-state index contributed by atoms with van der Waals surface area (Å²) in [7, 11) is 1.58. The SMILES string of the molecule is COc1c(C)cccc1C(=O)N1CC[C@H](c2cc(C(=O)NCCO)c3ccccc3n2)C1. The third-order valence-electron chi connectivity index (χ3n) is 5.92. The van der Waals surface area contributed by atoms with Gasteiger partial charge < -0.3 is 20.1 Å². The van der Waals surface area contributed by atoms with Crippen molar-refractivity contribution in [2.45, 2.75) is 19.3 Å². The van der Waals surface area contributed by atoms with Gasteiger partial charge in [0, 0.05) is 36.6 Å². The molecule has 2 amide bonds. The molecule has 4 rings (SSSR count). The van der Waals surface area contributed by atoms with Crippen LogP contribution in [0.15, 0.2) is 48.5 Å². The van der Waals surface area contributed by atoms with Crippen LogP contribution in [0.4, 0.5) is 0 Å². The van der Waals surface area contributed by atoms with Gasteiger partial charge in [0.1, 0.15) is 5.75 Å². The molecule has 2 N–H and O–H groups in total. The number of amides is 2. The van der Waals surface area contributed by atoms with Crippen LogP contribution in [0.2, 0.25) is 0 Å². The second kappa shape index (κ2) is 9.36. The number of likely N-dealkylation sites (tertiary alicyclic amines) is 1. The number of hydrogen-bond donors (Lipinski definition) is 2. The molecule has 7 heteroatoms. The molecule has 1 aromatic heterocycles. The van der Waals surface area contributed by atoms with Gasteiger partial charge >= 0.3 is 0 Å². The molecule has 0 spiro atoms. The number of aliphatic hydroxyl groups excluding tert-OH is 1. The summed E-state index contributed by atoms with van der Waals surface area (Å²) in [5.74, 6) is 0.334. The fraction of sp³-hybridized carbons (Fsp3) is 0.320. The number of pyridine rings is 1. The number of aryl methyl sites for hydroxylation is 1. The molecule has 2 heterocycles. The first-order valence-corrected chi connectivity index (χ1v) is 10.7. The molecule has 1 fully saturated rings. The van der Waals surface area contributed by atoms with Crippen molar-refractivity contribution >= 4 is 22.7 Å². The van der Waals surface area contributed by atoms with Crippen molar-refractivity contribution in [2.24, 2.45) is 0 Å². The lowest BCUT2D eigenvalue weighted by Gasteiger charge is -2.19. The summed E-state index contributed by atoms with van der Waals surface area (Å²) >= 11 is 0. The number of aliphatic hydroxyl groups is 1. The molecule has 2 aromatic carbocycles. The van der Waals surface area contributed by atoms with E-state index >= 15 is 0 Å². The van der Waals surface area contributed by atoms with E-state index in [-0.39, 0.29) is 30.9 Å². The smallest absolute Gasteiger partial charge is 0.257 e. The van der Waals surface area contributed by atoms with Crippen LogP contribution in [-0.4, -0.2) is 60.2 Å². The lowest BCUT2D eigenvalue weighted by atomic mass is 9.99. The summed E-state index contributed by atoms with van der Waals surface area (Å²) in [5, 5.41) is 12.6. The van der Waals surface area contributed by atoms with E-state index in [2.05, 4.69) is 5.32 Å². The third-order valence-corrected chi connectivity index (χ3v) is 5.92. The van der Waals surface area contributed by atoms with Crippen LogP contribution in [0, 0.1) is 6.92 Å². The van der Waals surface area contributed by atoms with Crippen LogP contribution in [0.3, 0.4) is 0 Å². The zero-order valence-corrected chi connectivity index (χ0v) is 18.3. The fourth-order valence-corrected chi connectivity index (χ4v) is 4.31. The fourth-order valence-electron chi connectivity index (χ4n) is 4.31. The van der Waals surface area contributed by atoms with Crippen molar-refractivity contribution in [2.75, 3.05) is 33.4 Å². The Balaban J connectivity index is 1.62. The predicted octanol–water partition coefficient (Wildman–Crippen LogP) is 2.90. The second-order valence-corrected chi connectivity index (χ2v) is 7.98. The van der Waals surface area contributed by atoms with Crippen LogP contribution in [0.5, 0.6) is 5.75 Å². The Bertz CT molecular complexity index is 1160. The summed E-state index contributed by atoms with van der Waals surface area (Å²) < 4.78 is 5.47. The summed E-state index contributed by atoms with van der Waals surface area (Å²) in [6.45, 7) is 3.13. The van der Waals surface area contributed by atoms with Crippen molar-refractivity contribution in [3.8, 4) is 5.75 Å². The zero-order valence-electron chi connectivity index (χ0n) is 18.3. The molecule has 0 aliphatic carbocycles. The van der Waals surface area contributed by atoms with E-state index in [0.717, 1.165) is 28.6 Å². The average Bonchev–Trinajstić information content (AvgIpc) is 3.31. The van der Waals surface area contributed by atoms with E-state index in [4.69, 9.17) is 14.8 Å². The molecule has 1 atom stereocenters. The van der Waals surface area contributed by atoms with Crippen LogP contribution in [0.25, 0.3) is 10.9 Å². The van der Waals surface area contributed by atoms with Gasteiger partial charge in [-0.3, -0.25) is 14.6 Å². The van der Waals surface area contributed by atoms with Crippen molar-refractivity contribution in [3.63, 3.8) is 0 Å². The van der Waals surface area contributed by atoms with Gasteiger partial charge in [-0.05, 0) is 37.1 Å². The number of carbonyl (C=O) groups is 2. The Morgan fingerprint density at radius 1 is 1.19 bits per heavy atom. The maximum absolute atomic E-state index is 13.2. The van der Waals surface area contributed by atoms with Crippen LogP contribution < -0.4 is 10.1 Å². The number of carbonyl (C=O) groups excluding carboxylic acids is 2. The molecule has 166 valence electrons. The average molecular weight is 434 g/mol. The first-order chi connectivity index (χ1) is 15.5. The predicted molar refractivity (Wildman–Crippen MR) is 122 cm³/mol. The van der Waals surface area contributed by atoms with Gasteiger partial charge in [-0.25, -0.2) is 0 Å². The lowest BCUT2D eigenvalue weighted by Crippen LogP contribution is -2.29. The Morgan fingerprint density at radius 2 is 2.00 bits per heavy atom. The minimum Gasteiger partial charge on any atom is -0.496 e. The van der Waals surface area contributed by atoms with Crippen molar-refractivity contribution < 1.29 is 19.4 Å². The molecule has 7 nitrogen and oxygen atoms in total. The molecule has 32 heavy (non-hydrogen) atoms. The van der Waals surface area contributed by atoms with Crippen molar-refractivity contribution in [1.29, 1.82) is 0 Å². The second-order valence-electron chi connectivity index (χ2n) is 7.98. The first-order valence-electron chi connectivity index (χ1n) is 10.7. The summed E-state index contributed by atoms with van der Waals surface area (Å²) in [4.78, 5) is 32.5. The van der Waals surface area contributed by atoms with Crippen LogP contribution >= 0.6 is 0 Å². The quantitative estimate of drug-likeness (QED) is 0.624. The lowest BCUT2D eigenvalue weighted by molar-refractivity contribution is 0.0786. The summed E-state index contributed by atoms with van der Waals surface area (Å²) in [6.07, 6.45) is 0.767. The maximum Gasteiger partial charge on any atom is 0.257 e. The molecule has 1 saturated heterocycles. The Morgan fingerprint density at radius 3 is 2.78 bits per heavy atom. The molecular weight excluding hydrogens is 406 g/mol. The van der Waals surface area contributed by atoms with Crippen LogP contribution in [-0.2, 0) is 0 Å². The number of nitrogens with one attached hydrogen (secondary N) is 1. The minimum absolute atomic E-state index is 0.0313. The number of nitrogens with zero attached hydrogens (tertiary/aromatic N) is 2. The van der Waals surface area contributed by atoms with Gasteiger partial charge in [0.2, 0.25) is 0 Å². The van der Waals surface area contributed by atoms with Crippen molar-refractivity contribution in [3.05, 3.63) is 70.9 Å². The first kappa shape index (κ1) is 21.8. The minimum atomic E-state index is -0.241. The Kier molecular flexibility index (Phi) is 6.37. The highest BCUT2D eigenvalue weighted by Crippen LogP contribution is 2.32. The standard InChI is InChI=1S/C25H27N3O4/c1-16-6-5-8-19(23(16)32-2)25(31)28-12-10-17(15-28)22-14-20(24(30)26-11-13-29)18-7-3-4-9-21(18)27-22/h3-9,14,17,29H,10-13,15H2,1-2H3,(H,26,30)/t17-/m0/s1. The number of benzene rings is 2. The van der Waals surface area contributed by atoms with Gasteiger partial charge in [-0.2, -0.15) is 0 Å². The summed E-state index contributed by atoms with van der Waals surface area (Å²) in [5.41, 5.74) is 3.55. The molecule has 1 aliphatic rings. The Hall–Kier alpha value is -3.45. The number of aromatic nitrogens is 1. The highest BCUT2D eigenvalue weighted by atomic mass is 16.5. The van der Waals surface area contributed by atoms with E-state index in [1.807, 2.05) is 54.3 Å². The molecule has 0 saturated carbocycles. The number of ether oxygens (including phenoxy) is 1. The normalized spacial score (nSPS) is 15.7. The van der Waals surface area contributed by atoms with E-state index in [1.54, 1.807) is 13.2 Å². The van der Waals surface area contributed by atoms with Crippen molar-refractivity contribution in [1.82, 2.24) is 15.2 Å².